The van der Waals surface area contributed by atoms with Gasteiger partial charge in [-0.3, -0.25) is 20.3 Å². The van der Waals surface area contributed by atoms with E-state index in [-0.39, 0.29) is 23.6 Å². The third kappa shape index (κ3) is 1.74. The molecule has 2 atom stereocenters. The van der Waals surface area contributed by atoms with E-state index in [9.17, 15) is 14.9 Å². The lowest BCUT2D eigenvalue weighted by atomic mass is 9.93. The zero-order valence-corrected chi connectivity index (χ0v) is 8.64. The van der Waals surface area contributed by atoms with Gasteiger partial charge in [0.1, 0.15) is 0 Å². The maximum atomic E-state index is 11.5. The molecule has 0 unspecified atom stereocenters. The molecular weight excluding hydrogens is 210 g/mol. The van der Waals surface area contributed by atoms with Crippen molar-refractivity contribution in [1.82, 2.24) is 10.9 Å². The van der Waals surface area contributed by atoms with Gasteiger partial charge in [-0.25, -0.2) is 5.43 Å². The van der Waals surface area contributed by atoms with Crippen molar-refractivity contribution in [3.05, 3.63) is 39.9 Å². The van der Waals surface area contributed by atoms with Crippen LogP contribution < -0.4 is 10.9 Å². The zero-order valence-electron chi connectivity index (χ0n) is 8.64. The molecule has 0 saturated carbocycles. The van der Waals surface area contributed by atoms with Crippen LogP contribution in [0.1, 0.15) is 18.4 Å². The number of benzene rings is 1. The van der Waals surface area contributed by atoms with E-state index in [1.54, 1.807) is 12.1 Å². The molecular formula is C10H11N3O3. The second-order valence-electron chi connectivity index (χ2n) is 3.75. The van der Waals surface area contributed by atoms with Crippen LogP contribution in [0.4, 0.5) is 5.69 Å². The number of amides is 1. The molecule has 1 heterocycles. The lowest BCUT2D eigenvalue weighted by molar-refractivity contribution is -0.384. The van der Waals surface area contributed by atoms with Crippen LogP contribution in [-0.2, 0) is 4.79 Å². The van der Waals surface area contributed by atoms with Crippen LogP contribution in [-0.4, -0.2) is 16.9 Å². The van der Waals surface area contributed by atoms with E-state index < -0.39 is 4.92 Å². The molecule has 2 rings (SSSR count). The molecule has 1 aromatic carbocycles. The van der Waals surface area contributed by atoms with Gasteiger partial charge in [-0.05, 0) is 12.5 Å². The van der Waals surface area contributed by atoms with Crippen molar-refractivity contribution in [3.8, 4) is 0 Å². The second kappa shape index (κ2) is 3.90. The Balaban J connectivity index is 2.27. The number of nitro benzene ring substituents is 1. The van der Waals surface area contributed by atoms with Crippen LogP contribution in [0.15, 0.2) is 24.3 Å². The fourth-order valence-electron chi connectivity index (χ4n) is 1.82. The summed E-state index contributed by atoms with van der Waals surface area (Å²) in [7, 11) is 0. The molecule has 0 aliphatic carbocycles. The van der Waals surface area contributed by atoms with Crippen LogP contribution in [0.5, 0.6) is 0 Å². The van der Waals surface area contributed by atoms with Gasteiger partial charge in [-0.1, -0.05) is 12.1 Å². The van der Waals surface area contributed by atoms with Gasteiger partial charge < -0.3 is 0 Å². The SMILES string of the molecule is C[C@@H]1NNC(=O)[C@H]1c1ccc([N+](=O)[O-])cc1. The highest BCUT2D eigenvalue weighted by atomic mass is 16.6. The number of hydrogen-bond acceptors (Lipinski definition) is 4. The standard InChI is InChI=1S/C10H11N3O3/c1-6-9(10(14)12-11-6)7-2-4-8(5-3-7)13(15)16/h2-6,9,11H,1H3,(H,12,14)/t6-,9+/m0/s1. The number of carbonyl (C=O) groups excluding carboxylic acids is 1. The molecule has 0 bridgehead atoms. The Morgan fingerprint density at radius 3 is 2.38 bits per heavy atom. The number of hydrogen-bond donors (Lipinski definition) is 2. The summed E-state index contributed by atoms with van der Waals surface area (Å²) in [5, 5.41) is 10.5. The van der Waals surface area contributed by atoms with E-state index in [1.165, 1.54) is 12.1 Å². The Labute approximate surface area is 91.8 Å². The molecule has 1 fully saturated rings. The van der Waals surface area contributed by atoms with Crippen LogP contribution in [0.3, 0.4) is 0 Å². The molecule has 6 heteroatoms. The van der Waals surface area contributed by atoms with Gasteiger partial charge in [0.05, 0.1) is 10.8 Å². The number of nitro groups is 1. The van der Waals surface area contributed by atoms with Crippen molar-refractivity contribution in [2.24, 2.45) is 0 Å². The highest BCUT2D eigenvalue weighted by Gasteiger charge is 2.32. The Kier molecular flexibility index (Phi) is 2.57. The minimum Gasteiger partial charge on any atom is -0.291 e. The van der Waals surface area contributed by atoms with E-state index in [4.69, 9.17) is 0 Å². The fourth-order valence-corrected chi connectivity index (χ4v) is 1.82. The maximum Gasteiger partial charge on any atom is 0.269 e. The van der Waals surface area contributed by atoms with Crippen molar-refractivity contribution in [2.75, 3.05) is 0 Å². The highest BCUT2D eigenvalue weighted by Crippen LogP contribution is 2.24. The smallest absolute Gasteiger partial charge is 0.269 e. The topological polar surface area (TPSA) is 84.3 Å². The molecule has 2 N–H and O–H groups in total. The lowest BCUT2D eigenvalue weighted by Gasteiger charge is -2.11. The number of non-ortho nitro benzene ring substituents is 1. The van der Waals surface area contributed by atoms with E-state index in [1.807, 2.05) is 6.92 Å². The summed E-state index contributed by atoms with van der Waals surface area (Å²) in [5.74, 6) is -0.401. The van der Waals surface area contributed by atoms with Gasteiger partial charge in [0.2, 0.25) is 5.91 Å². The molecule has 1 amide bonds. The molecule has 1 aliphatic rings. The van der Waals surface area contributed by atoms with Crippen molar-refractivity contribution in [3.63, 3.8) is 0 Å². The fraction of sp³-hybridized carbons (Fsp3) is 0.300. The summed E-state index contributed by atoms with van der Waals surface area (Å²) in [6.45, 7) is 1.88. The zero-order chi connectivity index (χ0) is 11.7. The Morgan fingerprint density at radius 1 is 1.31 bits per heavy atom. The molecule has 1 aliphatic heterocycles. The van der Waals surface area contributed by atoms with Crippen LogP contribution in [0.25, 0.3) is 0 Å². The molecule has 1 saturated heterocycles. The number of hydrazine groups is 1. The van der Waals surface area contributed by atoms with Gasteiger partial charge in [0.15, 0.2) is 0 Å². The predicted molar refractivity (Wildman–Crippen MR) is 56.6 cm³/mol. The highest BCUT2D eigenvalue weighted by molar-refractivity contribution is 5.86. The van der Waals surface area contributed by atoms with E-state index >= 15 is 0 Å². The Bertz CT molecular complexity index is 429. The van der Waals surface area contributed by atoms with Gasteiger partial charge in [0, 0.05) is 18.2 Å². The normalized spacial score (nSPS) is 24.2. The minimum absolute atomic E-state index is 0.0195. The quantitative estimate of drug-likeness (QED) is 0.568. The molecule has 0 radical (unpaired) electrons. The summed E-state index contributed by atoms with van der Waals surface area (Å²) in [6.07, 6.45) is 0. The number of rotatable bonds is 2. The van der Waals surface area contributed by atoms with Gasteiger partial charge in [-0.15, -0.1) is 0 Å². The molecule has 0 spiro atoms. The average Bonchev–Trinajstić information content (AvgIpc) is 2.59. The third-order valence-electron chi connectivity index (χ3n) is 2.67. The first-order chi connectivity index (χ1) is 7.59. The van der Waals surface area contributed by atoms with Gasteiger partial charge >= 0.3 is 0 Å². The maximum absolute atomic E-state index is 11.5. The van der Waals surface area contributed by atoms with Crippen molar-refractivity contribution in [2.45, 2.75) is 18.9 Å². The minimum atomic E-state index is -0.458. The number of nitrogens with one attached hydrogen (secondary N) is 2. The first kappa shape index (κ1) is 10.6. The van der Waals surface area contributed by atoms with Crippen molar-refractivity contribution in [1.29, 1.82) is 0 Å². The Hall–Kier alpha value is -1.95. The van der Waals surface area contributed by atoms with Gasteiger partial charge in [0.25, 0.3) is 5.69 Å². The first-order valence-corrected chi connectivity index (χ1v) is 4.89. The third-order valence-corrected chi connectivity index (χ3v) is 2.67. The van der Waals surface area contributed by atoms with Crippen LogP contribution in [0.2, 0.25) is 0 Å². The number of nitrogens with zero attached hydrogens (tertiary/aromatic N) is 1. The summed E-state index contributed by atoms with van der Waals surface area (Å²) in [6, 6.07) is 6.04. The van der Waals surface area contributed by atoms with Crippen LogP contribution in [0, 0.1) is 10.1 Å². The summed E-state index contributed by atoms with van der Waals surface area (Å²) >= 11 is 0. The van der Waals surface area contributed by atoms with E-state index in [0.29, 0.717) is 0 Å². The van der Waals surface area contributed by atoms with E-state index in [2.05, 4.69) is 10.9 Å². The predicted octanol–water partition coefficient (Wildman–Crippen LogP) is 0.701. The van der Waals surface area contributed by atoms with E-state index in [0.717, 1.165) is 5.56 Å². The average molecular weight is 221 g/mol. The van der Waals surface area contributed by atoms with Crippen molar-refractivity contribution >= 4 is 11.6 Å². The molecule has 84 valence electrons. The molecule has 16 heavy (non-hydrogen) atoms. The molecule has 0 aromatic heterocycles. The van der Waals surface area contributed by atoms with Crippen molar-refractivity contribution < 1.29 is 9.72 Å². The lowest BCUT2D eigenvalue weighted by Crippen LogP contribution is -2.29. The second-order valence-corrected chi connectivity index (χ2v) is 3.75. The van der Waals surface area contributed by atoms with Crippen LogP contribution >= 0.6 is 0 Å². The first-order valence-electron chi connectivity index (χ1n) is 4.89. The summed E-state index contributed by atoms with van der Waals surface area (Å²) in [4.78, 5) is 21.5. The molecule has 1 aromatic rings. The largest absolute Gasteiger partial charge is 0.291 e. The number of carbonyl (C=O) groups is 1. The molecule has 6 nitrogen and oxygen atoms in total. The summed E-state index contributed by atoms with van der Waals surface area (Å²) < 4.78 is 0. The summed E-state index contributed by atoms with van der Waals surface area (Å²) in [5.41, 5.74) is 6.16. The Morgan fingerprint density at radius 2 is 1.94 bits per heavy atom. The monoisotopic (exact) mass is 221 g/mol. The van der Waals surface area contributed by atoms with Gasteiger partial charge in [-0.2, -0.15) is 0 Å².